The lowest BCUT2D eigenvalue weighted by Crippen LogP contribution is -2.19. The third-order valence-corrected chi connectivity index (χ3v) is 3.65. The van der Waals surface area contributed by atoms with Crippen molar-refractivity contribution in [2.24, 2.45) is 0 Å². The summed E-state index contributed by atoms with van der Waals surface area (Å²) in [6, 6.07) is 0. The zero-order valence-electron chi connectivity index (χ0n) is 10.1. The Balaban J connectivity index is 3.90. The highest BCUT2D eigenvalue weighted by atomic mass is 31.3. The molecule has 9 heteroatoms. The molecule has 0 saturated carbocycles. The zero-order chi connectivity index (χ0) is 14.2. The molecule has 0 radical (unpaired) electrons. The Kier molecular flexibility index (Phi) is 7.90. The lowest BCUT2D eigenvalue weighted by Gasteiger charge is -2.34. The molecule has 0 rings (SSSR count). The molecule has 0 fully saturated rings. The predicted molar refractivity (Wildman–Crippen MR) is 60.1 cm³/mol. The highest BCUT2D eigenvalue weighted by molar-refractivity contribution is 7.58. The maximum Gasteiger partial charge on any atom is 0.272 e. The molecule has 1 atom stereocenters. The first-order chi connectivity index (χ1) is 8.12. The summed E-state index contributed by atoms with van der Waals surface area (Å²) in [5, 5.41) is 0. The van der Waals surface area contributed by atoms with Crippen molar-refractivity contribution in [2.45, 2.75) is 26.7 Å². The molecule has 0 saturated heterocycles. The molecule has 106 valence electrons. The van der Waals surface area contributed by atoms with Crippen LogP contribution in [0.3, 0.4) is 0 Å². The molecule has 0 amide bonds. The van der Waals surface area contributed by atoms with Gasteiger partial charge in [0.15, 0.2) is 0 Å². The smallest absolute Gasteiger partial charge is 0.272 e. The minimum atomic E-state index is -5.60. The Morgan fingerprint density at radius 3 is 2.22 bits per heavy atom. The van der Waals surface area contributed by atoms with E-state index in [-0.39, 0.29) is 6.61 Å². The monoisotopic (exact) mass is 297 g/mol. The van der Waals surface area contributed by atoms with Gasteiger partial charge < -0.3 is 23.8 Å². The first kappa shape index (κ1) is 17.7. The number of rotatable bonds is 8. The third kappa shape index (κ3) is 12.2. The van der Waals surface area contributed by atoms with Crippen LogP contribution >= 0.6 is 15.6 Å². The van der Waals surface area contributed by atoms with Crippen LogP contribution in [0.5, 0.6) is 0 Å². The van der Waals surface area contributed by atoms with E-state index in [2.05, 4.69) is 8.83 Å². The number of hydrogen-bond acceptors (Lipinski definition) is 7. The van der Waals surface area contributed by atoms with Gasteiger partial charge in [-0.15, -0.1) is 0 Å². The van der Waals surface area contributed by atoms with Crippen LogP contribution in [-0.2, 0) is 18.0 Å². The zero-order valence-corrected chi connectivity index (χ0v) is 11.9. The summed E-state index contributed by atoms with van der Waals surface area (Å²) < 4.78 is 28.2. The summed E-state index contributed by atoms with van der Waals surface area (Å²) in [5.41, 5.74) is 1.18. The molecule has 0 heterocycles. The van der Waals surface area contributed by atoms with Gasteiger partial charge in [0, 0.05) is 0 Å². The molecule has 0 aliphatic carbocycles. The number of phosphoric acid groups is 2. The van der Waals surface area contributed by atoms with E-state index < -0.39 is 15.6 Å². The van der Waals surface area contributed by atoms with Gasteiger partial charge in [0.2, 0.25) is 0 Å². The van der Waals surface area contributed by atoms with Gasteiger partial charge in [-0.05, 0) is 26.7 Å². The largest absolute Gasteiger partial charge is 0.790 e. The normalized spacial score (nSPS) is 15.6. The quantitative estimate of drug-likeness (QED) is 0.365. The van der Waals surface area contributed by atoms with Crippen molar-refractivity contribution in [1.82, 2.24) is 0 Å². The number of hydrogen-bond donors (Lipinski definition) is 0. The van der Waals surface area contributed by atoms with Gasteiger partial charge in [-0.25, -0.2) is 0 Å². The van der Waals surface area contributed by atoms with Crippen molar-refractivity contribution < 1.29 is 32.6 Å². The van der Waals surface area contributed by atoms with Crippen LogP contribution in [0.1, 0.15) is 26.7 Å². The maximum absolute atomic E-state index is 10.8. The van der Waals surface area contributed by atoms with Gasteiger partial charge in [0.05, 0.1) is 14.4 Å². The van der Waals surface area contributed by atoms with Crippen molar-refractivity contribution in [3.63, 3.8) is 0 Å². The summed E-state index contributed by atoms with van der Waals surface area (Å²) in [7, 11) is -10.7. The van der Waals surface area contributed by atoms with Gasteiger partial charge in [-0.3, -0.25) is 8.88 Å². The van der Waals surface area contributed by atoms with E-state index in [0.717, 1.165) is 6.42 Å². The Hall–Kier alpha value is -0.260. The molecule has 0 aromatic rings. The molecule has 7 nitrogen and oxygen atoms in total. The van der Waals surface area contributed by atoms with Crippen molar-refractivity contribution in [3.8, 4) is 0 Å². The fourth-order valence-electron chi connectivity index (χ4n) is 0.934. The van der Waals surface area contributed by atoms with E-state index in [1.807, 2.05) is 19.9 Å². The fraction of sp³-hybridized carbons (Fsp3) is 0.556. The molecule has 0 aliphatic rings. The number of unbranched alkanes of at least 4 members (excludes halogenated alkanes) is 1. The summed E-state index contributed by atoms with van der Waals surface area (Å²) in [5.74, 6) is 0. The molecular formula is C9H15O7P2-3. The Morgan fingerprint density at radius 2 is 1.72 bits per heavy atom. The van der Waals surface area contributed by atoms with E-state index in [9.17, 15) is 23.8 Å². The average Bonchev–Trinajstić information content (AvgIpc) is 2.11. The van der Waals surface area contributed by atoms with E-state index in [0.29, 0.717) is 6.42 Å². The number of allylic oxidation sites excluding steroid dienone is 3. The molecule has 0 aromatic heterocycles. The lowest BCUT2D eigenvalue weighted by molar-refractivity contribution is -0.339. The highest BCUT2D eigenvalue weighted by Gasteiger charge is 2.10. The van der Waals surface area contributed by atoms with Crippen molar-refractivity contribution in [3.05, 3.63) is 23.8 Å². The molecule has 1 unspecified atom stereocenters. The summed E-state index contributed by atoms with van der Waals surface area (Å²) in [4.78, 5) is 30.9. The molecule has 0 aromatic carbocycles. The highest BCUT2D eigenvalue weighted by Crippen LogP contribution is 2.50. The average molecular weight is 297 g/mol. The molecule has 0 N–H and O–H groups in total. The van der Waals surface area contributed by atoms with Crippen LogP contribution in [0, 0.1) is 0 Å². The lowest BCUT2D eigenvalue weighted by atomic mass is 10.2. The summed E-state index contributed by atoms with van der Waals surface area (Å²) in [6.45, 7) is 3.54. The minimum absolute atomic E-state index is 0.379. The summed E-state index contributed by atoms with van der Waals surface area (Å²) in [6.07, 6.45) is 6.58. The predicted octanol–water partition coefficient (Wildman–Crippen LogP) is 0.619. The summed E-state index contributed by atoms with van der Waals surface area (Å²) >= 11 is 0. The Morgan fingerprint density at radius 1 is 1.11 bits per heavy atom. The first-order valence-electron chi connectivity index (χ1n) is 5.10. The van der Waals surface area contributed by atoms with E-state index in [1.165, 1.54) is 11.6 Å². The van der Waals surface area contributed by atoms with E-state index in [1.54, 1.807) is 6.08 Å². The van der Waals surface area contributed by atoms with Gasteiger partial charge in [0.1, 0.15) is 0 Å². The number of phosphoric ester groups is 1. The van der Waals surface area contributed by atoms with Crippen LogP contribution in [0.25, 0.3) is 0 Å². The second kappa shape index (κ2) is 8.02. The SMILES string of the molecule is CC(C)=CCC/C=C/COP(=O)([O-])OP(=O)([O-])[O-]. The van der Waals surface area contributed by atoms with Crippen LogP contribution in [0.15, 0.2) is 23.8 Å². The molecular weight excluding hydrogens is 282 g/mol. The van der Waals surface area contributed by atoms with Gasteiger partial charge in [-0.2, -0.15) is 0 Å². The maximum atomic E-state index is 10.8. The van der Waals surface area contributed by atoms with Crippen LogP contribution in [0.2, 0.25) is 0 Å². The Labute approximate surface area is 106 Å². The standard InChI is InChI=1S/C9H18O7P2/c1-9(2)7-5-3-4-6-8-15-18(13,14)16-17(10,11)12/h4,6-7H,3,5,8H2,1-2H3,(H,13,14)(H2,10,11,12)/p-3/b6-4+. The van der Waals surface area contributed by atoms with Crippen LogP contribution in [-0.4, -0.2) is 6.61 Å². The second-order valence-corrected chi connectivity index (χ2v) is 6.30. The first-order valence-corrected chi connectivity index (χ1v) is 8.02. The molecule has 18 heavy (non-hydrogen) atoms. The van der Waals surface area contributed by atoms with Crippen molar-refractivity contribution in [1.29, 1.82) is 0 Å². The van der Waals surface area contributed by atoms with Gasteiger partial charge >= 0.3 is 0 Å². The van der Waals surface area contributed by atoms with Crippen molar-refractivity contribution in [2.75, 3.05) is 6.61 Å². The second-order valence-electron chi connectivity index (χ2n) is 3.60. The van der Waals surface area contributed by atoms with Crippen molar-refractivity contribution >= 4 is 15.6 Å². The van der Waals surface area contributed by atoms with Gasteiger partial charge in [0.25, 0.3) is 7.82 Å². The van der Waals surface area contributed by atoms with Gasteiger partial charge in [-0.1, -0.05) is 23.8 Å². The van der Waals surface area contributed by atoms with E-state index >= 15 is 0 Å². The molecule has 0 aliphatic heterocycles. The van der Waals surface area contributed by atoms with Crippen LogP contribution in [0.4, 0.5) is 0 Å². The third-order valence-electron chi connectivity index (χ3n) is 1.58. The molecule has 0 bridgehead atoms. The Bertz CT molecular complexity index is 392. The topological polar surface area (TPSA) is 122 Å². The fourth-order valence-corrected chi connectivity index (χ4v) is 2.37. The molecule has 0 spiro atoms. The van der Waals surface area contributed by atoms with Crippen LogP contribution < -0.4 is 14.7 Å². The van der Waals surface area contributed by atoms with E-state index in [4.69, 9.17) is 0 Å². The minimum Gasteiger partial charge on any atom is -0.790 e.